The predicted molar refractivity (Wildman–Crippen MR) is 180 cm³/mol. The SMILES string of the molecule is CC1=CC(/C=C(C)/C=C/C2=C(C)CCCC2(C)C)C(/C=C(C)/C=C/C=C(C)/C=C/C2=C(C)CCCC2(C)C)C=CO1. The van der Waals surface area contributed by atoms with Crippen molar-refractivity contribution in [2.24, 2.45) is 22.7 Å². The maximum Gasteiger partial charge on any atom is 0.0967 e. The number of rotatable bonds is 8. The normalized spacial score (nSPS) is 26.3. The van der Waals surface area contributed by atoms with Crippen molar-refractivity contribution in [3.63, 3.8) is 0 Å². The summed E-state index contributed by atoms with van der Waals surface area (Å²) in [5.41, 5.74) is 10.5. The molecule has 0 N–H and O–H groups in total. The number of allylic oxidation sites excluding steroid dienone is 19. The van der Waals surface area contributed by atoms with Crippen LogP contribution in [0, 0.1) is 22.7 Å². The maximum absolute atomic E-state index is 5.79. The second kappa shape index (κ2) is 14.4. The Morgan fingerprint density at radius 3 is 1.80 bits per heavy atom. The molecule has 2 atom stereocenters. The van der Waals surface area contributed by atoms with Crippen molar-refractivity contribution in [3.8, 4) is 0 Å². The third-order valence-corrected chi connectivity index (χ3v) is 9.17. The standard InChI is InChI=1S/C40H56O/c1-29(18-20-37-32(4)16-12-23-39(37,7)8)14-11-15-30(2)26-35-22-25-41-34(6)28-36(35)27-31(3)19-21-38-33(5)17-13-24-40(38,9)10/h11,14-15,18-22,25-28,35-36H,12-13,16-17,23-24H2,1-10H3/b15-11+,20-18+,21-19+,29-14+,30-26+,31-27+. The predicted octanol–water partition coefficient (Wildman–Crippen LogP) is 12.2. The Morgan fingerprint density at radius 1 is 0.732 bits per heavy atom. The largest absolute Gasteiger partial charge is 0.470 e. The van der Waals surface area contributed by atoms with Crippen molar-refractivity contribution >= 4 is 0 Å². The lowest BCUT2D eigenvalue weighted by Gasteiger charge is -2.33. The van der Waals surface area contributed by atoms with Gasteiger partial charge in [-0.2, -0.15) is 0 Å². The van der Waals surface area contributed by atoms with Crippen molar-refractivity contribution in [1.82, 2.24) is 0 Å². The van der Waals surface area contributed by atoms with Crippen LogP contribution in [0.2, 0.25) is 0 Å². The molecule has 0 radical (unpaired) electrons. The molecule has 222 valence electrons. The van der Waals surface area contributed by atoms with E-state index in [4.69, 9.17) is 4.74 Å². The molecule has 1 heteroatoms. The zero-order valence-corrected chi connectivity index (χ0v) is 27.7. The van der Waals surface area contributed by atoms with Gasteiger partial charge in [-0.1, -0.05) is 110 Å². The summed E-state index contributed by atoms with van der Waals surface area (Å²) in [5.74, 6) is 1.43. The molecule has 0 aromatic rings. The molecular formula is C40H56O. The molecule has 1 nitrogen and oxygen atoms in total. The Labute approximate surface area is 252 Å². The van der Waals surface area contributed by atoms with Gasteiger partial charge in [0.2, 0.25) is 0 Å². The van der Waals surface area contributed by atoms with Gasteiger partial charge in [-0.25, -0.2) is 0 Å². The fourth-order valence-electron chi connectivity index (χ4n) is 6.69. The highest BCUT2D eigenvalue weighted by atomic mass is 16.5. The molecule has 0 amide bonds. The van der Waals surface area contributed by atoms with Crippen LogP contribution in [0.5, 0.6) is 0 Å². The van der Waals surface area contributed by atoms with Crippen molar-refractivity contribution in [1.29, 1.82) is 0 Å². The van der Waals surface area contributed by atoms with E-state index >= 15 is 0 Å². The van der Waals surface area contributed by atoms with E-state index in [9.17, 15) is 0 Å². The zero-order valence-electron chi connectivity index (χ0n) is 27.7. The summed E-state index contributed by atoms with van der Waals surface area (Å²) in [6, 6.07) is 0. The molecule has 0 spiro atoms. The van der Waals surface area contributed by atoms with Gasteiger partial charge in [0, 0.05) is 11.8 Å². The highest BCUT2D eigenvalue weighted by Gasteiger charge is 2.27. The fourth-order valence-corrected chi connectivity index (χ4v) is 6.69. The van der Waals surface area contributed by atoms with Crippen LogP contribution in [-0.4, -0.2) is 0 Å². The van der Waals surface area contributed by atoms with Gasteiger partial charge in [0.05, 0.1) is 12.0 Å². The van der Waals surface area contributed by atoms with Crippen LogP contribution in [0.4, 0.5) is 0 Å². The van der Waals surface area contributed by atoms with Crippen LogP contribution in [0.3, 0.4) is 0 Å². The van der Waals surface area contributed by atoms with Crippen molar-refractivity contribution < 1.29 is 4.74 Å². The van der Waals surface area contributed by atoms with E-state index in [1.807, 2.05) is 13.2 Å². The minimum atomic E-state index is 0.237. The second-order valence-electron chi connectivity index (χ2n) is 14.0. The van der Waals surface area contributed by atoms with E-state index in [2.05, 4.69) is 129 Å². The van der Waals surface area contributed by atoms with E-state index in [1.165, 1.54) is 66.4 Å². The van der Waals surface area contributed by atoms with E-state index in [1.54, 1.807) is 11.1 Å². The number of hydrogen-bond acceptors (Lipinski definition) is 1. The minimum absolute atomic E-state index is 0.237. The van der Waals surface area contributed by atoms with Crippen LogP contribution in [0.25, 0.3) is 0 Å². The van der Waals surface area contributed by atoms with Gasteiger partial charge in [-0.15, -0.1) is 0 Å². The van der Waals surface area contributed by atoms with Crippen molar-refractivity contribution in [2.45, 2.75) is 108 Å². The van der Waals surface area contributed by atoms with E-state index in [0.29, 0.717) is 0 Å². The van der Waals surface area contributed by atoms with Gasteiger partial charge in [0.1, 0.15) is 0 Å². The molecule has 3 rings (SSSR count). The van der Waals surface area contributed by atoms with Crippen LogP contribution in [-0.2, 0) is 4.74 Å². The quantitative estimate of drug-likeness (QED) is 0.272. The topological polar surface area (TPSA) is 9.23 Å². The lowest BCUT2D eigenvalue weighted by molar-refractivity contribution is 0.353. The van der Waals surface area contributed by atoms with E-state index in [0.717, 1.165) is 5.76 Å². The fraction of sp³-hybridized carbons (Fsp3) is 0.500. The Kier molecular flexibility index (Phi) is 11.5. The Morgan fingerprint density at radius 2 is 1.24 bits per heavy atom. The van der Waals surface area contributed by atoms with E-state index in [-0.39, 0.29) is 22.7 Å². The van der Waals surface area contributed by atoms with Gasteiger partial charge < -0.3 is 4.74 Å². The summed E-state index contributed by atoms with van der Waals surface area (Å²) < 4.78 is 5.79. The first-order valence-corrected chi connectivity index (χ1v) is 15.8. The Hall–Kier alpha value is -2.80. The van der Waals surface area contributed by atoms with Crippen molar-refractivity contribution in [2.75, 3.05) is 0 Å². The Bertz CT molecular complexity index is 1260. The van der Waals surface area contributed by atoms with Gasteiger partial charge in [-0.3, -0.25) is 0 Å². The van der Waals surface area contributed by atoms with Gasteiger partial charge in [-0.05, 0) is 114 Å². The summed E-state index contributed by atoms with van der Waals surface area (Å²) in [6.45, 7) is 22.8. The molecule has 0 aromatic heterocycles. The number of ether oxygens (including phenoxy) is 1. The second-order valence-corrected chi connectivity index (χ2v) is 14.0. The molecule has 0 bridgehead atoms. The maximum atomic E-state index is 5.79. The lowest BCUT2D eigenvalue weighted by Crippen LogP contribution is -2.19. The molecule has 1 aliphatic heterocycles. The van der Waals surface area contributed by atoms with Crippen LogP contribution >= 0.6 is 0 Å². The molecule has 3 aliphatic rings. The zero-order chi connectivity index (χ0) is 30.2. The third kappa shape index (κ3) is 9.63. The van der Waals surface area contributed by atoms with Crippen LogP contribution < -0.4 is 0 Å². The minimum Gasteiger partial charge on any atom is -0.470 e. The highest BCUT2D eigenvalue weighted by Crippen LogP contribution is 2.42. The first-order chi connectivity index (χ1) is 19.3. The molecule has 0 fully saturated rings. The molecule has 0 aromatic carbocycles. The summed E-state index contributed by atoms with van der Waals surface area (Å²) in [6.07, 6.45) is 34.5. The average Bonchev–Trinajstić information content (AvgIpc) is 3.02. The third-order valence-electron chi connectivity index (χ3n) is 9.17. The highest BCUT2D eigenvalue weighted by molar-refractivity contribution is 5.38. The van der Waals surface area contributed by atoms with Gasteiger partial charge in [0.25, 0.3) is 0 Å². The molecule has 0 saturated carbocycles. The number of hydrogen-bond donors (Lipinski definition) is 0. The monoisotopic (exact) mass is 552 g/mol. The Balaban J connectivity index is 1.74. The first kappa shape index (κ1) is 32.7. The summed E-state index contributed by atoms with van der Waals surface area (Å²) in [7, 11) is 0. The lowest BCUT2D eigenvalue weighted by atomic mass is 9.72. The molecule has 1 heterocycles. The summed E-state index contributed by atoms with van der Waals surface area (Å²) in [5, 5.41) is 0. The first-order valence-electron chi connectivity index (χ1n) is 15.8. The molecular weight excluding hydrogens is 496 g/mol. The summed E-state index contributed by atoms with van der Waals surface area (Å²) in [4.78, 5) is 0. The van der Waals surface area contributed by atoms with Gasteiger partial charge >= 0.3 is 0 Å². The molecule has 41 heavy (non-hydrogen) atoms. The van der Waals surface area contributed by atoms with Crippen molar-refractivity contribution in [3.05, 3.63) is 118 Å². The molecule has 2 unspecified atom stereocenters. The van der Waals surface area contributed by atoms with Gasteiger partial charge in [0.15, 0.2) is 0 Å². The van der Waals surface area contributed by atoms with E-state index < -0.39 is 0 Å². The summed E-state index contributed by atoms with van der Waals surface area (Å²) >= 11 is 0. The van der Waals surface area contributed by atoms with Crippen LogP contribution in [0.1, 0.15) is 108 Å². The van der Waals surface area contributed by atoms with Crippen LogP contribution in [0.15, 0.2) is 118 Å². The molecule has 2 aliphatic carbocycles. The average molecular weight is 553 g/mol. The molecule has 0 saturated heterocycles. The smallest absolute Gasteiger partial charge is 0.0967 e.